The summed E-state index contributed by atoms with van der Waals surface area (Å²) in [6.45, 7) is 4.19. The molecule has 2 rings (SSSR count). The third-order valence-corrected chi connectivity index (χ3v) is 4.26. The number of nitrogens with zero attached hydrogens (tertiary/aromatic N) is 4. The summed E-state index contributed by atoms with van der Waals surface area (Å²) in [6.07, 6.45) is 1.79. The number of rotatable bonds is 7. The van der Waals surface area contributed by atoms with Crippen LogP contribution in [0.1, 0.15) is 24.2 Å². The number of likely N-dealkylation sites (N-methyl/N-ethyl adjacent to an activating group) is 1. The molecular weight excluding hydrogens is 336 g/mol. The molecule has 7 heteroatoms. The van der Waals surface area contributed by atoms with Gasteiger partial charge >= 0.3 is 0 Å². The Morgan fingerprint density at radius 2 is 1.96 bits per heavy atom. The number of hydrogen-bond acceptors (Lipinski definition) is 3. The van der Waals surface area contributed by atoms with E-state index in [1.165, 1.54) is 5.56 Å². The standard InChI is InChI=1S/C18H27ClN6/c1-5-20-18(21-12-16-10-11-23-25(16)4)22-13-17(24(2)3)14-6-8-15(19)9-7-14/h6-11,17H,5,12-13H2,1-4H3,(H2,20,21,22). The Balaban J connectivity index is 2.04. The molecule has 1 heterocycles. The van der Waals surface area contributed by atoms with Gasteiger partial charge in [-0.15, -0.1) is 0 Å². The van der Waals surface area contributed by atoms with Gasteiger partial charge in [0.05, 0.1) is 18.3 Å². The Hall–Kier alpha value is -2.05. The highest BCUT2D eigenvalue weighted by molar-refractivity contribution is 6.30. The van der Waals surface area contributed by atoms with Crippen molar-refractivity contribution >= 4 is 17.6 Å². The minimum absolute atomic E-state index is 0.220. The van der Waals surface area contributed by atoms with Crippen molar-refractivity contribution in [2.45, 2.75) is 19.5 Å². The quantitative estimate of drug-likeness (QED) is 0.586. The van der Waals surface area contributed by atoms with Gasteiger partial charge in [0, 0.05) is 31.4 Å². The van der Waals surface area contributed by atoms with Crippen LogP contribution in [0.2, 0.25) is 5.02 Å². The molecule has 0 aliphatic rings. The van der Waals surface area contributed by atoms with Crippen LogP contribution in [-0.4, -0.2) is 47.8 Å². The predicted octanol–water partition coefficient (Wildman–Crippen LogP) is 2.43. The van der Waals surface area contributed by atoms with Gasteiger partial charge in [0.2, 0.25) is 0 Å². The van der Waals surface area contributed by atoms with E-state index < -0.39 is 0 Å². The Kier molecular flexibility index (Phi) is 7.28. The second-order valence-corrected chi connectivity index (χ2v) is 6.49. The molecule has 1 aromatic carbocycles. The van der Waals surface area contributed by atoms with E-state index in [1.807, 2.05) is 29.9 Å². The highest BCUT2D eigenvalue weighted by Crippen LogP contribution is 2.19. The Bertz CT molecular complexity index is 677. The fourth-order valence-corrected chi connectivity index (χ4v) is 2.66. The molecule has 0 bridgehead atoms. The summed E-state index contributed by atoms with van der Waals surface area (Å²) >= 11 is 6.00. The number of benzene rings is 1. The number of aromatic nitrogens is 2. The maximum atomic E-state index is 6.00. The van der Waals surface area contributed by atoms with Crippen LogP contribution >= 0.6 is 11.6 Å². The topological polar surface area (TPSA) is 57.5 Å². The highest BCUT2D eigenvalue weighted by Gasteiger charge is 2.14. The van der Waals surface area contributed by atoms with Gasteiger partial charge in [-0.3, -0.25) is 4.68 Å². The summed E-state index contributed by atoms with van der Waals surface area (Å²) in [5.41, 5.74) is 2.28. The van der Waals surface area contributed by atoms with Crippen molar-refractivity contribution < 1.29 is 0 Å². The van der Waals surface area contributed by atoms with Crippen molar-refractivity contribution in [1.82, 2.24) is 25.3 Å². The molecule has 0 amide bonds. The molecule has 2 N–H and O–H groups in total. The van der Waals surface area contributed by atoms with Gasteiger partial charge in [0.25, 0.3) is 0 Å². The smallest absolute Gasteiger partial charge is 0.191 e. The van der Waals surface area contributed by atoms with Crippen molar-refractivity contribution in [3.05, 3.63) is 52.8 Å². The Labute approximate surface area is 154 Å². The zero-order valence-corrected chi connectivity index (χ0v) is 16.1. The van der Waals surface area contributed by atoms with Gasteiger partial charge in [-0.05, 0) is 44.8 Å². The number of guanidine groups is 1. The van der Waals surface area contributed by atoms with Gasteiger partial charge in [0.1, 0.15) is 0 Å². The second-order valence-electron chi connectivity index (χ2n) is 6.05. The fraction of sp³-hybridized carbons (Fsp3) is 0.444. The Morgan fingerprint density at radius 3 is 2.52 bits per heavy atom. The normalized spacial score (nSPS) is 13.1. The maximum absolute atomic E-state index is 6.00. The monoisotopic (exact) mass is 362 g/mol. The molecule has 0 aliphatic carbocycles. The van der Waals surface area contributed by atoms with Crippen molar-refractivity contribution in [3.8, 4) is 0 Å². The first-order valence-corrected chi connectivity index (χ1v) is 8.80. The molecule has 0 spiro atoms. The largest absolute Gasteiger partial charge is 0.357 e. The van der Waals surface area contributed by atoms with Crippen molar-refractivity contribution in [3.63, 3.8) is 0 Å². The lowest BCUT2D eigenvalue weighted by molar-refractivity contribution is 0.298. The first-order valence-electron chi connectivity index (χ1n) is 8.42. The van der Waals surface area contributed by atoms with Crippen LogP contribution in [0.15, 0.2) is 41.5 Å². The van der Waals surface area contributed by atoms with Crippen molar-refractivity contribution in [2.24, 2.45) is 12.0 Å². The number of nitrogens with one attached hydrogen (secondary N) is 2. The lowest BCUT2D eigenvalue weighted by Crippen LogP contribution is -2.41. The number of aryl methyl sites for hydroxylation is 1. The van der Waals surface area contributed by atoms with Gasteiger partial charge < -0.3 is 15.5 Å². The molecule has 0 fully saturated rings. The van der Waals surface area contributed by atoms with Crippen molar-refractivity contribution in [2.75, 3.05) is 27.2 Å². The molecule has 136 valence electrons. The molecule has 25 heavy (non-hydrogen) atoms. The summed E-state index contributed by atoms with van der Waals surface area (Å²) < 4.78 is 1.84. The van der Waals surface area contributed by atoms with E-state index in [9.17, 15) is 0 Å². The molecule has 1 atom stereocenters. The number of hydrogen-bond donors (Lipinski definition) is 2. The average Bonchev–Trinajstić information content (AvgIpc) is 2.99. The number of halogens is 1. The van der Waals surface area contributed by atoms with E-state index in [1.54, 1.807) is 6.20 Å². The Morgan fingerprint density at radius 1 is 1.24 bits per heavy atom. The zero-order chi connectivity index (χ0) is 18.2. The molecular formula is C18H27ClN6. The van der Waals surface area contributed by atoms with Crippen LogP contribution in [0.3, 0.4) is 0 Å². The van der Waals surface area contributed by atoms with Gasteiger partial charge in [0.15, 0.2) is 5.96 Å². The third-order valence-electron chi connectivity index (χ3n) is 4.01. The summed E-state index contributed by atoms with van der Waals surface area (Å²) in [5.74, 6) is 0.796. The summed E-state index contributed by atoms with van der Waals surface area (Å²) in [5, 5.41) is 11.6. The van der Waals surface area contributed by atoms with E-state index in [0.717, 1.165) is 29.8 Å². The van der Waals surface area contributed by atoms with Crippen LogP contribution in [0.25, 0.3) is 0 Å². The average molecular weight is 363 g/mol. The van der Waals surface area contributed by atoms with Crippen LogP contribution in [0.5, 0.6) is 0 Å². The van der Waals surface area contributed by atoms with Crippen molar-refractivity contribution in [1.29, 1.82) is 0 Å². The van der Waals surface area contributed by atoms with Gasteiger partial charge in [-0.1, -0.05) is 23.7 Å². The van der Waals surface area contributed by atoms with E-state index in [0.29, 0.717) is 6.54 Å². The molecule has 1 unspecified atom stereocenters. The van der Waals surface area contributed by atoms with E-state index in [4.69, 9.17) is 11.6 Å². The lowest BCUT2D eigenvalue weighted by atomic mass is 10.1. The summed E-state index contributed by atoms with van der Waals surface area (Å²) in [7, 11) is 6.06. The van der Waals surface area contributed by atoms with E-state index in [-0.39, 0.29) is 6.04 Å². The van der Waals surface area contributed by atoms with Gasteiger partial charge in [-0.2, -0.15) is 5.10 Å². The van der Waals surface area contributed by atoms with E-state index in [2.05, 4.69) is 58.8 Å². The molecule has 2 aromatic rings. The summed E-state index contributed by atoms with van der Waals surface area (Å²) in [4.78, 5) is 6.83. The van der Waals surface area contributed by atoms with Gasteiger partial charge in [-0.25, -0.2) is 4.99 Å². The minimum atomic E-state index is 0.220. The third kappa shape index (κ3) is 5.76. The molecule has 6 nitrogen and oxygen atoms in total. The fourth-order valence-electron chi connectivity index (χ4n) is 2.54. The van der Waals surface area contributed by atoms with E-state index >= 15 is 0 Å². The minimum Gasteiger partial charge on any atom is -0.357 e. The first-order chi connectivity index (χ1) is 12.0. The molecule has 0 saturated carbocycles. The lowest BCUT2D eigenvalue weighted by Gasteiger charge is -2.26. The SMILES string of the molecule is CCNC(=NCc1ccnn1C)NCC(c1ccc(Cl)cc1)N(C)C. The highest BCUT2D eigenvalue weighted by atomic mass is 35.5. The molecule has 1 aromatic heterocycles. The van der Waals surface area contributed by atoms with Crippen LogP contribution in [0.4, 0.5) is 0 Å². The van der Waals surface area contributed by atoms with Crippen LogP contribution in [-0.2, 0) is 13.6 Å². The molecule has 0 radical (unpaired) electrons. The van der Waals surface area contributed by atoms with Crippen LogP contribution in [0, 0.1) is 0 Å². The predicted molar refractivity (Wildman–Crippen MR) is 104 cm³/mol. The molecule has 0 aliphatic heterocycles. The van der Waals surface area contributed by atoms with Crippen LogP contribution < -0.4 is 10.6 Å². The summed E-state index contributed by atoms with van der Waals surface area (Å²) in [6, 6.07) is 10.2. The maximum Gasteiger partial charge on any atom is 0.191 e. The number of aliphatic imine (C=N–C) groups is 1. The first kappa shape index (κ1) is 19.3. The zero-order valence-electron chi connectivity index (χ0n) is 15.3. The molecule has 0 saturated heterocycles. The second kappa shape index (κ2) is 9.44.